The average Bonchev–Trinajstić information content (AvgIpc) is 2.25. The zero-order valence-electron chi connectivity index (χ0n) is 11.3. The van der Waals surface area contributed by atoms with Crippen molar-refractivity contribution in [3.8, 4) is 0 Å². The van der Waals surface area contributed by atoms with Crippen molar-refractivity contribution in [2.75, 3.05) is 11.5 Å². The molecule has 0 aromatic heterocycles. The number of hydrogen-bond donors (Lipinski definition) is 3. The molecule has 0 nitrogen and oxygen atoms in total. The second-order valence-corrected chi connectivity index (χ2v) is 21.1. The Morgan fingerprint density at radius 2 is 1.12 bits per heavy atom. The Morgan fingerprint density at radius 1 is 0.706 bits per heavy atom. The van der Waals surface area contributed by atoms with Gasteiger partial charge in [0, 0.05) is 0 Å². The van der Waals surface area contributed by atoms with E-state index in [1.54, 1.807) is 0 Å². The first-order valence-electron chi connectivity index (χ1n) is 6.77. The van der Waals surface area contributed by atoms with Gasteiger partial charge in [-0.2, -0.15) is 10.1 Å². The molecular weight excluding hydrogens is 303 g/mol. The highest BCUT2D eigenvalue weighted by Gasteiger charge is 2.08. The second kappa shape index (κ2) is 11.6. The van der Waals surface area contributed by atoms with E-state index in [2.05, 4.69) is 50.6 Å². The number of thiol groups is 3. The second-order valence-electron chi connectivity index (χ2n) is 4.51. The van der Waals surface area contributed by atoms with Gasteiger partial charge < -0.3 is 0 Å². The van der Waals surface area contributed by atoms with Crippen molar-refractivity contribution in [3.05, 3.63) is 0 Å². The van der Waals surface area contributed by atoms with Crippen LogP contribution in [0.2, 0.25) is 0 Å². The van der Waals surface area contributed by atoms with E-state index in [4.69, 9.17) is 0 Å². The van der Waals surface area contributed by atoms with Crippen LogP contribution < -0.4 is 0 Å². The van der Waals surface area contributed by atoms with Crippen molar-refractivity contribution in [1.29, 1.82) is 0 Å². The Hall–Kier alpha value is 1.83. The van der Waals surface area contributed by atoms with Gasteiger partial charge in [0.2, 0.25) is 0 Å². The predicted molar refractivity (Wildman–Crippen MR) is 99.3 cm³/mol. The lowest BCUT2D eigenvalue weighted by Gasteiger charge is -2.17. The van der Waals surface area contributed by atoms with Crippen LogP contribution in [0.15, 0.2) is 0 Å². The van der Waals surface area contributed by atoms with Crippen LogP contribution >= 0.6 is 40.4 Å². The molecule has 0 amide bonds. The minimum absolute atomic E-state index is 0.355. The summed E-state index contributed by atoms with van der Waals surface area (Å²) in [4.78, 5) is 0. The summed E-state index contributed by atoms with van der Waals surface area (Å²) in [6.07, 6.45) is 10.8. The van der Waals surface area contributed by atoms with Crippen molar-refractivity contribution in [1.82, 2.24) is 0 Å². The summed E-state index contributed by atoms with van der Waals surface area (Å²) >= 11 is 14.0. The van der Waals surface area contributed by atoms with Crippen molar-refractivity contribution in [2.45, 2.75) is 65.2 Å². The maximum Gasteiger partial charge on any atom is 0.0620 e. The fourth-order valence-electron chi connectivity index (χ4n) is 1.74. The summed E-state index contributed by atoms with van der Waals surface area (Å²) in [6.45, 7) is 4.52. The van der Waals surface area contributed by atoms with Gasteiger partial charge in [0.15, 0.2) is 0 Å². The van der Waals surface area contributed by atoms with E-state index < -0.39 is 3.64 Å². The molecule has 0 saturated heterocycles. The molecule has 0 radical (unpaired) electrons. The van der Waals surface area contributed by atoms with Crippen LogP contribution in [0.4, 0.5) is 0 Å². The first-order chi connectivity index (χ1) is 8.02. The highest BCUT2D eigenvalue weighted by molar-refractivity contribution is 9.17. The van der Waals surface area contributed by atoms with Gasteiger partial charge in [-0.1, -0.05) is 52.4 Å². The smallest absolute Gasteiger partial charge is 0.0620 e. The lowest BCUT2D eigenvalue weighted by atomic mass is 10.2. The van der Waals surface area contributed by atoms with Gasteiger partial charge in [0.05, 0.1) is 3.64 Å². The molecule has 0 bridgehead atoms. The van der Waals surface area contributed by atoms with Crippen molar-refractivity contribution in [2.24, 2.45) is 0 Å². The molecule has 0 saturated carbocycles. The standard InChI is InChI=1S/C12H29PS4/c1-3-5-7-9-11-17(13(14,15)16)12-10-8-6-4-2/h14-16H,3-12H2,1-2H3. The fourth-order valence-corrected chi connectivity index (χ4v) is 10.2. The monoisotopic (exact) mass is 332 g/mol. The zero-order valence-corrected chi connectivity index (χ0v) is 15.7. The number of unbranched alkanes of at least 4 members (excludes halogenated alkanes) is 6. The normalized spacial score (nSPS) is 12.4. The summed E-state index contributed by atoms with van der Waals surface area (Å²) in [7, 11) is 0.355. The SMILES string of the molecule is CCCCCCS(CCCCCC)=P(S)(S)S. The Labute approximate surface area is 127 Å². The molecule has 0 rings (SSSR count). The van der Waals surface area contributed by atoms with Crippen LogP contribution in [-0.2, 0) is 10.1 Å². The highest BCUT2D eigenvalue weighted by atomic mass is 33.5. The van der Waals surface area contributed by atoms with E-state index in [0.29, 0.717) is 10.1 Å². The van der Waals surface area contributed by atoms with Gasteiger partial charge in [0.25, 0.3) is 0 Å². The molecule has 0 fully saturated rings. The Bertz CT molecular complexity index is 212. The van der Waals surface area contributed by atoms with E-state index in [1.807, 2.05) is 0 Å². The average molecular weight is 333 g/mol. The van der Waals surface area contributed by atoms with E-state index in [9.17, 15) is 0 Å². The van der Waals surface area contributed by atoms with Crippen LogP contribution in [-0.4, -0.2) is 11.5 Å². The summed E-state index contributed by atoms with van der Waals surface area (Å²) in [5.41, 5.74) is 0. The van der Waals surface area contributed by atoms with Gasteiger partial charge in [0.1, 0.15) is 0 Å². The Kier molecular flexibility index (Phi) is 12.9. The van der Waals surface area contributed by atoms with Crippen molar-refractivity contribution < 1.29 is 0 Å². The molecule has 0 N–H and O–H groups in total. The zero-order chi connectivity index (χ0) is 13.1. The van der Waals surface area contributed by atoms with Gasteiger partial charge in [-0.3, -0.25) is 0 Å². The molecule has 0 aromatic rings. The third kappa shape index (κ3) is 11.4. The maximum atomic E-state index is 4.65. The topological polar surface area (TPSA) is 0 Å². The van der Waals surface area contributed by atoms with Crippen molar-refractivity contribution in [3.63, 3.8) is 0 Å². The molecule has 0 aliphatic heterocycles. The molecule has 0 aromatic carbocycles. The van der Waals surface area contributed by atoms with E-state index in [-0.39, 0.29) is 0 Å². The van der Waals surface area contributed by atoms with Gasteiger partial charge >= 0.3 is 0 Å². The molecular formula is C12H29PS4. The third-order valence-electron chi connectivity index (χ3n) is 2.81. The van der Waals surface area contributed by atoms with Gasteiger partial charge in [-0.05, 0) is 24.3 Å². The molecule has 0 unspecified atom stereocenters. The van der Waals surface area contributed by atoms with Crippen LogP contribution in [0.3, 0.4) is 0 Å². The maximum absolute atomic E-state index is 4.65. The first kappa shape index (κ1) is 18.8. The van der Waals surface area contributed by atoms with Crippen molar-refractivity contribution >= 4 is 50.5 Å². The minimum atomic E-state index is -1.51. The van der Waals surface area contributed by atoms with Crippen LogP contribution in [0.25, 0.3) is 0 Å². The summed E-state index contributed by atoms with van der Waals surface area (Å²) < 4.78 is -1.51. The van der Waals surface area contributed by atoms with Gasteiger partial charge in [-0.15, -0.1) is 36.7 Å². The van der Waals surface area contributed by atoms with Gasteiger partial charge in [-0.25, -0.2) is 0 Å². The first-order valence-corrected chi connectivity index (χ1v) is 14.2. The number of hydrogen-bond acceptors (Lipinski definition) is 0. The largest absolute Gasteiger partial charge is 0.163 e. The minimum Gasteiger partial charge on any atom is -0.163 e. The predicted octanol–water partition coefficient (Wildman–Crippen LogP) is 6.23. The van der Waals surface area contributed by atoms with E-state index >= 15 is 0 Å². The lowest BCUT2D eigenvalue weighted by Crippen LogP contribution is -2.02. The summed E-state index contributed by atoms with van der Waals surface area (Å²) in [5, 5.41) is 0. The highest BCUT2D eigenvalue weighted by Crippen LogP contribution is 2.65. The Morgan fingerprint density at radius 3 is 1.41 bits per heavy atom. The molecule has 0 atom stereocenters. The van der Waals surface area contributed by atoms with Crippen LogP contribution in [0.5, 0.6) is 0 Å². The third-order valence-corrected chi connectivity index (χ3v) is 14.4. The fraction of sp³-hybridized carbons (Fsp3) is 1.00. The quantitative estimate of drug-likeness (QED) is 0.236. The molecule has 106 valence electrons. The Balaban J connectivity index is 4.01. The van der Waals surface area contributed by atoms with Crippen LogP contribution in [0, 0.1) is 0 Å². The van der Waals surface area contributed by atoms with Crippen LogP contribution in [0.1, 0.15) is 65.2 Å². The lowest BCUT2D eigenvalue weighted by molar-refractivity contribution is 0.699. The molecule has 0 heterocycles. The summed E-state index contributed by atoms with van der Waals surface area (Å²) in [6, 6.07) is 0. The molecule has 0 spiro atoms. The summed E-state index contributed by atoms with van der Waals surface area (Å²) in [5.74, 6) is 2.60. The van der Waals surface area contributed by atoms with E-state index in [1.165, 1.54) is 62.9 Å². The number of rotatable bonds is 10. The molecule has 17 heavy (non-hydrogen) atoms. The molecule has 5 heteroatoms. The van der Waals surface area contributed by atoms with E-state index in [0.717, 1.165) is 0 Å². The molecule has 0 aliphatic rings. The molecule has 0 aliphatic carbocycles.